The quantitative estimate of drug-likeness (QED) is 0.381. The SMILES string of the molecule is O=C(N/N=C/c1cccnc1)c1ccc(NC(=O)c2cccc([N+](=O)[O-])c2)cc1. The predicted octanol–water partition coefficient (Wildman–Crippen LogP) is 3.01. The molecule has 0 atom stereocenters. The van der Waals surface area contributed by atoms with Gasteiger partial charge < -0.3 is 5.32 Å². The van der Waals surface area contributed by atoms with E-state index in [1.165, 1.54) is 42.6 Å². The van der Waals surface area contributed by atoms with Crippen LogP contribution in [0.3, 0.4) is 0 Å². The first-order valence-corrected chi connectivity index (χ1v) is 8.42. The third-order valence-corrected chi connectivity index (χ3v) is 3.79. The third-order valence-electron chi connectivity index (χ3n) is 3.79. The van der Waals surface area contributed by atoms with E-state index < -0.39 is 16.7 Å². The minimum Gasteiger partial charge on any atom is -0.322 e. The fourth-order valence-electron chi connectivity index (χ4n) is 2.35. The Morgan fingerprint density at radius 3 is 2.48 bits per heavy atom. The van der Waals surface area contributed by atoms with E-state index in [-0.39, 0.29) is 11.3 Å². The van der Waals surface area contributed by atoms with E-state index in [1.807, 2.05) is 0 Å². The van der Waals surface area contributed by atoms with Crippen molar-refractivity contribution in [3.8, 4) is 0 Å². The standard InChI is InChI=1S/C20H15N5O4/c26-19(16-4-1-5-18(11-16)25(28)29)23-17-8-6-15(7-9-17)20(27)24-22-13-14-3-2-10-21-12-14/h1-13H,(H,23,26)(H,24,27)/b22-13+. The van der Waals surface area contributed by atoms with Crippen LogP contribution in [0.2, 0.25) is 0 Å². The van der Waals surface area contributed by atoms with Crippen molar-refractivity contribution in [1.29, 1.82) is 0 Å². The van der Waals surface area contributed by atoms with Crippen molar-refractivity contribution in [3.63, 3.8) is 0 Å². The minimum absolute atomic E-state index is 0.158. The van der Waals surface area contributed by atoms with Gasteiger partial charge in [-0.15, -0.1) is 0 Å². The number of carbonyl (C=O) groups is 2. The molecule has 9 nitrogen and oxygen atoms in total. The molecule has 0 saturated carbocycles. The molecular formula is C20H15N5O4. The van der Waals surface area contributed by atoms with Gasteiger partial charge in [0.15, 0.2) is 0 Å². The first-order chi connectivity index (χ1) is 14.0. The lowest BCUT2D eigenvalue weighted by Crippen LogP contribution is -2.18. The second kappa shape index (κ2) is 9.00. The number of hydrogen-bond acceptors (Lipinski definition) is 6. The maximum Gasteiger partial charge on any atom is 0.271 e. The van der Waals surface area contributed by atoms with Crippen LogP contribution in [0.4, 0.5) is 11.4 Å². The summed E-state index contributed by atoms with van der Waals surface area (Å²) in [4.78, 5) is 38.5. The Morgan fingerprint density at radius 2 is 1.79 bits per heavy atom. The first kappa shape index (κ1) is 19.4. The van der Waals surface area contributed by atoms with Crippen LogP contribution in [-0.2, 0) is 0 Å². The van der Waals surface area contributed by atoms with Crippen molar-refractivity contribution in [1.82, 2.24) is 10.4 Å². The molecule has 29 heavy (non-hydrogen) atoms. The van der Waals surface area contributed by atoms with Crippen LogP contribution in [-0.4, -0.2) is 27.9 Å². The lowest BCUT2D eigenvalue weighted by Gasteiger charge is -2.06. The van der Waals surface area contributed by atoms with Crippen molar-refractivity contribution in [2.24, 2.45) is 5.10 Å². The number of rotatable bonds is 6. The Hall–Kier alpha value is -4.40. The van der Waals surface area contributed by atoms with Crippen LogP contribution in [0.5, 0.6) is 0 Å². The van der Waals surface area contributed by atoms with Gasteiger partial charge in [-0.25, -0.2) is 5.43 Å². The smallest absolute Gasteiger partial charge is 0.271 e. The molecule has 2 aromatic carbocycles. The number of carbonyl (C=O) groups excluding carboxylic acids is 2. The number of nitro benzene ring substituents is 1. The molecule has 0 unspecified atom stereocenters. The summed E-state index contributed by atoms with van der Waals surface area (Å²) < 4.78 is 0. The molecule has 0 bridgehead atoms. The molecule has 144 valence electrons. The molecule has 0 aliphatic heterocycles. The fourth-order valence-corrected chi connectivity index (χ4v) is 2.35. The van der Waals surface area contributed by atoms with Gasteiger partial charge >= 0.3 is 0 Å². The van der Waals surface area contributed by atoms with E-state index in [9.17, 15) is 19.7 Å². The second-order valence-electron chi connectivity index (χ2n) is 5.82. The van der Waals surface area contributed by atoms with E-state index in [2.05, 4.69) is 20.8 Å². The van der Waals surface area contributed by atoms with Gasteiger partial charge in [0.25, 0.3) is 17.5 Å². The number of hydrogen-bond donors (Lipinski definition) is 2. The monoisotopic (exact) mass is 389 g/mol. The van der Waals surface area contributed by atoms with Gasteiger partial charge in [-0.1, -0.05) is 12.1 Å². The normalized spacial score (nSPS) is 10.5. The summed E-state index contributed by atoms with van der Waals surface area (Å²) in [5.74, 6) is -0.909. The summed E-state index contributed by atoms with van der Waals surface area (Å²) in [6.07, 6.45) is 4.71. The third kappa shape index (κ3) is 5.30. The molecule has 0 radical (unpaired) electrons. The molecule has 2 N–H and O–H groups in total. The number of anilines is 1. The number of nitrogens with zero attached hydrogens (tertiary/aromatic N) is 3. The maximum absolute atomic E-state index is 12.2. The van der Waals surface area contributed by atoms with Crippen LogP contribution in [0.15, 0.2) is 78.2 Å². The van der Waals surface area contributed by atoms with Crippen molar-refractivity contribution >= 4 is 29.4 Å². The van der Waals surface area contributed by atoms with Gasteiger partial charge in [0, 0.05) is 46.9 Å². The zero-order chi connectivity index (χ0) is 20.6. The Labute approximate surface area is 165 Å². The number of benzene rings is 2. The number of hydrazone groups is 1. The summed E-state index contributed by atoms with van der Waals surface area (Å²) in [5.41, 5.74) is 3.92. The lowest BCUT2D eigenvalue weighted by atomic mass is 10.1. The molecule has 9 heteroatoms. The van der Waals surface area contributed by atoms with Crippen LogP contribution < -0.4 is 10.7 Å². The number of nitro groups is 1. The average molecular weight is 389 g/mol. The molecule has 1 aromatic heterocycles. The summed E-state index contributed by atoms with van der Waals surface area (Å²) in [7, 11) is 0. The predicted molar refractivity (Wildman–Crippen MR) is 107 cm³/mol. The fraction of sp³-hybridized carbons (Fsp3) is 0. The van der Waals surface area contributed by atoms with E-state index in [0.29, 0.717) is 11.3 Å². The van der Waals surface area contributed by atoms with E-state index >= 15 is 0 Å². The van der Waals surface area contributed by atoms with Crippen LogP contribution >= 0.6 is 0 Å². The molecule has 0 aliphatic carbocycles. The molecule has 0 saturated heterocycles. The average Bonchev–Trinajstić information content (AvgIpc) is 2.75. The molecule has 1 heterocycles. The van der Waals surface area contributed by atoms with E-state index in [1.54, 1.807) is 36.7 Å². The Morgan fingerprint density at radius 1 is 1.00 bits per heavy atom. The number of pyridine rings is 1. The Kier molecular flexibility index (Phi) is 6.01. The van der Waals surface area contributed by atoms with Gasteiger partial charge in [0.1, 0.15) is 0 Å². The van der Waals surface area contributed by atoms with Gasteiger partial charge in [0.2, 0.25) is 0 Å². The summed E-state index contributed by atoms with van der Waals surface area (Å²) in [6.45, 7) is 0. The van der Waals surface area contributed by atoms with Crippen molar-refractivity contribution in [2.75, 3.05) is 5.32 Å². The van der Waals surface area contributed by atoms with E-state index in [4.69, 9.17) is 0 Å². The first-order valence-electron chi connectivity index (χ1n) is 8.42. The van der Waals surface area contributed by atoms with Crippen LogP contribution in [0.25, 0.3) is 0 Å². The molecule has 3 rings (SSSR count). The van der Waals surface area contributed by atoms with Crippen LogP contribution in [0, 0.1) is 10.1 Å². The largest absolute Gasteiger partial charge is 0.322 e. The Bertz CT molecular complexity index is 1070. The summed E-state index contributed by atoms with van der Waals surface area (Å²) in [5, 5.41) is 17.3. The van der Waals surface area contributed by atoms with Gasteiger partial charge in [-0.2, -0.15) is 5.10 Å². The topological polar surface area (TPSA) is 127 Å². The van der Waals surface area contributed by atoms with Crippen molar-refractivity contribution in [3.05, 3.63) is 99.9 Å². The molecule has 3 aromatic rings. The summed E-state index contributed by atoms with van der Waals surface area (Å²) in [6, 6.07) is 15.1. The highest BCUT2D eigenvalue weighted by molar-refractivity contribution is 6.05. The number of amides is 2. The Balaban J connectivity index is 1.60. The van der Waals surface area contributed by atoms with Gasteiger partial charge in [-0.05, 0) is 36.4 Å². The molecule has 2 amide bonds. The minimum atomic E-state index is -0.568. The number of non-ortho nitro benzene ring substituents is 1. The molecular weight excluding hydrogens is 374 g/mol. The van der Waals surface area contributed by atoms with Gasteiger partial charge in [0.05, 0.1) is 11.1 Å². The lowest BCUT2D eigenvalue weighted by molar-refractivity contribution is -0.384. The highest BCUT2D eigenvalue weighted by Crippen LogP contribution is 2.16. The number of nitrogens with one attached hydrogen (secondary N) is 2. The molecule has 0 spiro atoms. The summed E-state index contributed by atoms with van der Waals surface area (Å²) >= 11 is 0. The van der Waals surface area contributed by atoms with Crippen molar-refractivity contribution < 1.29 is 14.5 Å². The van der Waals surface area contributed by atoms with Crippen LogP contribution in [0.1, 0.15) is 26.3 Å². The zero-order valence-electron chi connectivity index (χ0n) is 15.0. The van der Waals surface area contributed by atoms with E-state index in [0.717, 1.165) is 5.56 Å². The van der Waals surface area contributed by atoms with Crippen molar-refractivity contribution in [2.45, 2.75) is 0 Å². The molecule has 0 fully saturated rings. The zero-order valence-corrected chi connectivity index (χ0v) is 15.0. The molecule has 0 aliphatic rings. The number of aromatic nitrogens is 1. The second-order valence-corrected chi connectivity index (χ2v) is 5.82. The highest BCUT2D eigenvalue weighted by Gasteiger charge is 2.12. The maximum atomic E-state index is 12.2. The van der Waals surface area contributed by atoms with Gasteiger partial charge in [-0.3, -0.25) is 24.7 Å². The highest BCUT2D eigenvalue weighted by atomic mass is 16.6.